The van der Waals surface area contributed by atoms with Gasteiger partial charge in [0.05, 0.1) is 6.10 Å². The lowest BCUT2D eigenvalue weighted by molar-refractivity contribution is -0.156. The molecule has 5 heteroatoms. The number of rotatable bonds is 5. The highest BCUT2D eigenvalue weighted by Gasteiger charge is 2.48. The first-order valence-corrected chi connectivity index (χ1v) is 8.69. The van der Waals surface area contributed by atoms with Gasteiger partial charge >= 0.3 is 0 Å². The zero-order chi connectivity index (χ0) is 17.9. The molecule has 3 N–H and O–H groups in total. The van der Waals surface area contributed by atoms with Crippen LogP contribution in [0.1, 0.15) is 51.7 Å². The number of carbonyl (C=O) groups excluding carboxylic acids is 1. The van der Waals surface area contributed by atoms with Gasteiger partial charge in [-0.05, 0) is 36.7 Å². The van der Waals surface area contributed by atoms with Gasteiger partial charge in [0.1, 0.15) is 11.4 Å². The van der Waals surface area contributed by atoms with Gasteiger partial charge in [0.15, 0.2) is 0 Å². The second kappa shape index (κ2) is 7.62. The quantitative estimate of drug-likeness (QED) is 0.774. The summed E-state index contributed by atoms with van der Waals surface area (Å²) in [6, 6.07) is 5.93. The summed E-state index contributed by atoms with van der Waals surface area (Å²) in [6.45, 7) is 5.92. The van der Waals surface area contributed by atoms with Crippen molar-refractivity contribution in [1.29, 1.82) is 0 Å². The Labute approximate surface area is 143 Å². The van der Waals surface area contributed by atoms with Crippen LogP contribution in [0, 0.1) is 23.6 Å². The van der Waals surface area contributed by atoms with Crippen molar-refractivity contribution in [2.75, 3.05) is 6.54 Å². The molecular formula is C19H28FNO3. The lowest BCUT2D eigenvalue weighted by Crippen LogP contribution is -2.56. The minimum atomic E-state index is -1.43. The van der Waals surface area contributed by atoms with Crippen molar-refractivity contribution < 1.29 is 19.4 Å². The zero-order valence-electron chi connectivity index (χ0n) is 14.6. The molecule has 4 nitrogen and oxygen atoms in total. The fraction of sp³-hybridized carbons (Fsp3) is 0.632. The molecule has 0 bridgehead atoms. The van der Waals surface area contributed by atoms with Crippen LogP contribution in [0.15, 0.2) is 24.3 Å². The Kier molecular flexibility index (Phi) is 5.99. The van der Waals surface area contributed by atoms with Crippen molar-refractivity contribution in [2.24, 2.45) is 17.8 Å². The van der Waals surface area contributed by atoms with E-state index >= 15 is 0 Å². The number of aliphatic hydroxyl groups is 2. The van der Waals surface area contributed by atoms with E-state index in [9.17, 15) is 19.4 Å². The largest absolute Gasteiger partial charge is 0.386 e. The van der Waals surface area contributed by atoms with Crippen molar-refractivity contribution in [2.45, 2.75) is 51.7 Å². The van der Waals surface area contributed by atoms with E-state index < -0.39 is 23.4 Å². The fourth-order valence-corrected chi connectivity index (χ4v) is 3.83. The molecular weight excluding hydrogens is 309 g/mol. The lowest BCUT2D eigenvalue weighted by Gasteiger charge is -2.43. The normalized spacial score (nSPS) is 28.6. The lowest BCUT2D eigenvalue weighted by atomic mass is 9.66. The average molecular weight is 337 g/mol. The minimum Gasteiger partial charge on any atom is -0.386 e. The Morgan fingerprint density at radius 1 is 1.38 bits per heavy atom. The molecule has 1 fully saturated rings. The molecule has 2 rings (SSSR count). The van der Waals surface area contributed by atoms with Crippen LogP contribution in [0.3, 0.4) is 0 Å². The van der Waals surface area contributed by atoms with Gasteiger partial charge in [-0.1, -0.05) is 45.4 Å². The van der Waals surface area contributed by atoms with E-state index in [0.717, 1.165) is 12.8 Å². The van der Waals surface area contributed by atoms with E-state index in [1.807, 2.05) is 20.8 Å². The van der Waals surface area contributed by atoms with Gasteiger partial charge < -0.3 is 15.5 Å². The molecule has 1 amide bonds. The minimum absolute atomic E-state index is 0.112. The molecule has 24 heavy (non-hydrogen) atoms. The van der Waals surface area contributed by atoms with Crippen molar-refractivity contribution in [1.82, 2.24) is 5.32 Å². The van der Waals surface area contributed by atoms with Crippen LogP contribution in [0.25, 0.3) is 0 Å². The SMILES string of the molecule is CC1CCC(C(C)C)C(O)(C(=O)NCC(O)c2ccccc2F)C1. The number of amides is 1. The summed E-state index contributed by atoms with van der Waals surface area (Å²) >= 11 is 0. The van der Waals surface area contributed by atoms with Crippen LogP contribution < -0.4 is 5.32 Å². The van der Waals surface area contributed by atoms with Crippen LogP contribution in [0.4, 0.5) is 4.39 Å². The second-order valence-electron chi connectivity index (χ2n) is 7.41. The third kappa shape index (κ3) is 3.95. The maximum absolute atomic E-state index is 13.7. The maximum Gasteiger partial charge on any atom is 0.252 e. The Bertz CT molecular complexity index is 577. The first-order valence-electron chi connectivity index (χ1n) is 8.69. The van der Waals surface area contributed by atoms with Gasteiger partial charge in [-0.3, -0.25) is 4.79 Å². The Morgan fingerprint density at radius 2 is 2.04 bits per heavy atom. The number of carbonyl (C=O) groups is 1. The molecule has 0 aliphatic heterocycles. The molecule has 0 heterocycles. The number of hydrogen-bond acceptors (Lipinski definition) is 3. The molecule has 4 unspecified atom stereocenters. The highest BCUT2D eigenvalue weighted by Crippen LogP contribution is 2.41. The molecule has 4 atom stereocenters. The second-order valence-corrected chi connectivity index (χ2v) is 7.41. The monoisotopic (exact) mass is 337 g/mol. The summed E-state index contributed by atoms with van der Waals surface area (Å²) in [6.07, 6.45) is 1.07. The van der Waals surface area contributed by atoms with E-state index in [0.29, 0.717) is 6.42 Å². The first kappa shape index (κ1) is 18.9. The molecule has 1 aliphatic carbocycles. The number of benzene rings is 1. The Hall–Kier alpha value is -1.46. The van der Waals surface area contributed by atoms with Crippen LogP contribution in [-0.4, -0.2) is 28.3 Å². The van der Waals surface area contributed by atoms with Crippen LogP contribution in [-0.2, 0) is 4.79 Å². The van der Waals surface area contributed by atoms with Gasteiger partial charge in [-0.15, -0.1) is 0 Å². The molecule has 134 valence electrons. The summed E-state index contributed by atoms with van der Waals surface area (Å²) in [4.78, 5) is 12.6. The summed E-state index contributed by atoms with van der Waals surface area (Å²) in [5.74, 6) is -0.635. The van der Waals surface area contributed by atoms with E-state index in [2.05, 4.69) is 5.32 Å². The summed E-state index contributed by atoms with van der Waals surface area (Å²) in [5.41, 5.74) is -1.29. The molecule has 1 aromatic rings. The van der Waals surface area contributed by atoms with Crippen molar-refractivity contribution >= 4 is 5.91 Å². The molecule has 0 aromatic heterocycles. The molecule has 1 saturated carbocycles. The Balaban J connectivity index is 2.05. The van der Waals surface area contributed by atoms with E-state index in [1.54, 1.807) is 12.1 Å². The van der Waals surface area contributed by atoms with Crippen molar-refractivity contribution in [3.05, 3.63) is 35.6 Å². The predicted octanol–water partition coefficient (Wildman–Crippen LogP) is 2.80. The Morgan fingerprint density at radius 3 is 2.67 bits per heavy atom. The number of nitrogens with one attached hydrogen (secondary N) is 1. The smallest absolute Gasteiger partial charge is 0.252 e. The highest BCUT2D eigenvalue weighted by molar-refractivity contribution is 5.85. The van der Waals surface area contributed by atoms with Crippen molar-refractivity contribution in [3.8, 4) is 0 Å². The van der Waals surface area contributed by atoms with E-state index in [1.165, 1.54) is 12.1 Å². The predicted molar refractivity (Wildman–Crippen MR) is 90.7 cm³/mol. The molecule has 1 aliphatic rings. The van der Waals surface area contributed by atoms with Gasteiger partial charge in [0.25, 0.3) is 5.91 Å². The standard InChI is InChI=1S/C19H28FNO3/c1-12(2)15-9-8-13(3)10-19(15,24)18(23)21-11-17(22)14-6-4-5-7-16(14)20/h4-7,12-13,15,17,22,24H,8-11H2,1-3H3,(H,21,23). The number of halogens is 1. The van der Waals surface area contributed by atoms with Crippen LogP contribution >= 0.6 is 0 Å². The van der Waals surface area contributed by atoms with Gasteiger partial charge in [-0.25, -0.2) is 4.39 Å². The zero-order valence-corrected chi connectivity index (χ0v) is 14.6. The van der Waals surface area contributed by atoms with E-state index in [-0.39, 0.29) is 29.9 Å². The summed E-state index contributed by atoms with van der Waals surface area (Å²) in [7, 11) is 0. The van der Waals surface area contributed by atoms with Crippen molar-refractivity contribution in [3.63, 3.8) is 0 Å². The fourth-order valence-electron chi connectivity index (χ4n) is 3.83. The van der Waals surface area contributed by atoms with Crippen LogP contribution in [0.5, 0.6) is 0 Å². The van der Waals surface area contributed by atoms with Gasteiger partial charge in [0, 0.05) is 12.1 Å². The molecule has 0 saturated heterocycles. The highest BCUT2D eigenvalue weighted by atomic mass is 19.1. The molecule has 1 aromatic carbocycles. The molecule has 0 spiro atoms. The average Bonchev–Trinajstić information content (AvgIpc) is 2.52. The first-order chi connectivity index (χ1) is 11.3. The topological polar surface area (TPSA) is 69.6 Å². The number of aliphatic hydroxyl groups excluding tert-OH is 1. The van der Waals surface area contributed by atoms with E-state index in [4.69, 9.17) is 0 Å². The van der Waals surface area contributed by atoms with Gasteiger partial charge in [0.2, 0.25) is 0 Å². The summed E-state index contributed by atoms with van der Waals surface area (Å²) in [5, 5.41) is 23.8. The summed E-state index contributed by atoms with van der Waals surface area (Å²) < 4.78 is 13.7. The molecule has 0 radical (unpaired) electrons. The third-order valence-electron chi connectivity index (χ3n) is 5.16. The van der Waals surface area contributed by atoms with Gasteiger partial charge in [-0.2, -0.15) is 0 Å². The third-order valence-corrected chi connectivity index (χ3v) is 5.16. The van der Waals surface area contributed by atoms with Crippen LogP contribution in [0.2, 0.25) is 0 Å². The maximum atomic E-state index is 13.7. The number of hydrogen-bond donors (Lipinski definition) is 3.